The Bertz CT molecular complexity index is 428. The number of carbonyl (C=O) groups excluding carboxylic acids is 1. The van der Waals surface area contributed by atoms with E-state index in [1.807, 2.05) is 0 Å². The molecule has 178 valence electrons. The van der Waals surface area contributed by atoms with Gasteiger partial charge in [-0.05, 0) is 32.1 Å². The molecule has 0 fully saturated rings. The van der Waals surface area contributed by atoms with Gasteiger partial charge < -0.3 is 30.3 Å². The Morgan fingerprint density at radius 2 is 1.27 bits per heavy atom. The summed E-state index contributed by atoms with van der Waals surface area (Å²) in [7, 11) is 0. The third-order valence-corrected chi connectivity index (χ3v) is 5.13. The lowest BCUT2D eigenvalue weighted by molar-refractivity contribution is -0.156. The van der Waals surface area contributed by atoms with Gasteiger partial charge in [0.1, 0.15) is 31.0 Å². The van der Waals surface area contributed by atoms with Crippen LogP contribution >= 0.6 is 0 Å². The number of hydrogen-bond donors (Lipinski definition) is 5. The largest absolute Gasteiger partial charge is 0.463 e. The third-order valence-electron chi connectivity index (χ3n) is 5.13. The van der Waals surface area contributed by atoms with E-state index in [0.717, 1.165) is 32.1 Å². The normalized spacial score (nSPS) is 15.8. The van der Waals surface area contributed by atoms with Crippen molar-refractivity contribution >= 4 is 5.97 Å². The zero-order chi connectivity index (χ0) is 22.6. The predicted octanol–water partition coefficient (Wildman–Crippen LogP) is 2.61. The Balaban J connectivity index is 3.58. The summed E-state index contributed by atoms with van der Waals surface area (Å²) in [5, 5.41) is 46.8. The fourth-order valence-electron chi connectivity index (χ4n) is 3.08. The van der Waals surface area contributed by atoms with Gasteiger partial charge >= 0.3 is 5.97 Å². The van der Waals surface area contributed by atoms with E-state index in [2.05, 4.69) is 19.1 Å². The van der Waals surface area contributed by atoms with Crippen molar-refractivity contribution in [3.05, 3.63) is 12.2 Å². The van der Waals surface area contributed by atoms with Crippen LogP contribution in [0.25, 0.3) is 0 Å². The molecule has 0 aliphatic carbocycles. The minimum atomic E-state index is -1.72. The lowest BCUT2D eigenvalue weighted by Gasteiger charge is -2.25. The number of aliphatic hydroxyl groups excluding tert-OH is 5. The lowest BCUT2D eigenvalue weighted by atomic mass is 10.0. The summed E-state index contributed by atoms with van der Waals surface area (Å²) in [4.78, 5) is 11.7. The average molecular weight is 433 g/mol. The number of aliphatic hydroxyl groups is 5. The molecule has 5 N–H and O–H groups in total. The number of ether oxygens (including phenoxy) is 1. The quantitative estimate of drug-likeness (QED) is 0.114. The predicted molar refractivity (Wildman–Crippen MR) is 117 cm³/mol. The number of allylic oxidation sites excluding steroid dienone is 2. The molecule has 0 heterocycles. The molecule has 0 saturated carbocycles. The van der Waals surface area contributed by atoms with Crippen molar-refractivity contribution in [2.75, 3.05) is 13.2 Å². The molecule has 7 heteroatoms. The van der Waals surface area contributed by atoms with E-state index in [1.54, 1.807) is 0 Å². The SMILES string of the molecule is CCCCCCCC/C=C/CCCCCCC(=O)OC[C@@H](O)[C@@H](O)[C@H](O)[C@H](O)CO. The van der Waals surface area contributed by atoms with Crippen LogP contribution < -0.4 is 0 Å². The van der Waals surface area contributed by atoms with E-state index < -0.39 is 43.6 Å². The van der Waals surface area contributed by atoms with Crippen LogP contribution in [0.1, 0.15) is 90.4 Å². The van der Waals surface area contributed by atoms with Crippen molar-refractivity contribution in [3.8, 4) is 0 Å². The van der Waals surface area contributed by atoms with Crippen molar-refractivity contribution < 1.29 is 35.1 Å². The molecule has 0 aliphatic heterocycles. The molecule has 0 radical (unpaired) electrons. The van der Waals surface area contributed by atoms with E-state index in [1.165, 1.54) is 38.5 Å². The monoisotopic (exact) mass is 432 g/mol. The van der Waals surface area contributed by atoms with Crippen LogP contribution in [-0.4, -0.2) is 69.1 Å². The van der Waals surface area contributed by atoms with Gasteiger partial charge in [-0.2, -0.15) is 0 Å². The fourth-order valence-corrected chi connectivity index (χ4v) is 3.08. The highest BCUT2D eigenvalue weighted by atomic mass is 16.5. The minimum Gasteiger partial charge on any atom is -0.463 e. The zero-order valence-electron chi connectivity index (χ0n) is 18.6. The van der Waals surface area contributed by atoms with Crippen LogP contribution in [0.5, 0.6) is 0 Å². The molecule has 0 unspecified atom stereocenters. The van der Waals surface area contributed by atoms with Gasteiger partial charge in [-0.25, -0.2) is 0 Å². The topological polar surface area (TPSA) is 127 Å². The molecule has 0 saturated heterocycles. The van der Waals surface area contributed by atoms with Crippen LogP contribution in [-0.2, 0) is 9.53 Å². The van der Waals surface area contributed by atoms with Crippen LogP contribution in [0.2, 0.25) is 0 Å². The van der Waals surface area contributed by atoms with Gasteiger partial charge in [-0.1, -0.05) is 64.0 Å². The lowest BCUT2D eigenvalue weighted by Crippen LogP contribution is -2.47. The highest BCUT2D eigenvalue weighted by Crippen LogP contribution is 2.10. The van der Waals surface area contributed by atoms with Gasteiger partial charge in [0.25, 0.3) is 0 Å². The van der Waals surface area contributed by atoms with E-state index in [0.29, 0.717) is 6.42 Å². The maximum atomic E-state index is 11.7. The summed E-state index contributed by atoms with van der Waals surface area (Å²) in [6, 6.07) is 0. The van der Waals surface area contributed by atoms with E-state index in [9.17, 15) is 25.2 Å². The maximum absolute atomic E-state index is 11.7. The minimum absolute atomic E-state index is 0.235. The van der Waals surface area contributed by atoms with Crippen molar-refractivity contribution in [1.29, 1.82) is 0 Å². The first kappa shape index (κ1) is 29.0. The maximum Gasteiger partial charge on any atom is 0.305 e. The molecule has 0 aliphatic rings. The van der Waals surface area contributed by atoms with Crippen LogP contribution in [0.4, 0.5) is 0 Å². The summed E-state index contributed by atoms with van der Waals surface area (Å²) < 4.78 is 4.89. The molecule has 0 rings (SSSR count). The van der Waals surface area contributed by atoms with Crippen molar-refractivity contribution in [2.45, 2.75) is 115 Å². The van der Waals surface area contributed by atoms with Crippen LogP contribution in [0, 0.1) is 0 Å². The summed E-state index contributed by atoms with van der Waals surface area (Å²) in [5.41, 5.74) is 0. The van der Waals surface area contributed by atoms with E-state index >= 15 is 0 Å². The molecule has 4 atom stereocenters. The van der Waals surface area contributed by atoms with Crippen LogP contribution in [0.15, 0.2) is 12.2 Å². The second-order valence-electron chi connectivity index (χ2n) is 7.96. The van der Waals surface area contributed by atoms with Crippen molar-refractivity contribution in [1.82, 2.24) is 0 Å². The Morgan fingerprint density at radius 1 is 0.767 bits per heavy atom. The Labute approximate surface area is 181 Å². The summed E-state index contributed by atoms with van der Waals surface area (Å²) in [6.45, 7) is 1.01. The first-order valence-corrected chi connectivity index (χ1v) is 11.6. The van der Waals surface area contributed by atoms with Crippen molar-refractivity contribution in [3.63, 3.8) is 0 Å². The van der Waals surface area contributed by atoms with Gasteiger partial charge in [0, 0.05) is 6.42 Å². The number of rotatable bonds is 20. The summed E-state index contributed by atoms with van der Waals surface area (Å²) in [6.07, 6.45) is 12.1. The Kier molecular flexibility index (Phi) is 19.3. The van der Waals surface area contributed by atoms with Gasteiger partial charge in [-0.3, -0.25) is 4.79 Å². The van der Waals surface area contributed by atoms with Crippen LogP contribution in [0.3, 0.4) is 0 Å². The van der Waals surface area contributed by atoms with Gasteiger partial charge in [0.05, 0.1) is 6.61 Å². The highest BCUT2D eigenvalue weighted by Gasteiger charge is 2.30. The summed E-state index contributed by atoms with van der Waals surface area (Å²) in [5.74, 6) is -0.475. The highest BCUT2D eigenvalue weighted by molar-refractivity contribution is 5.69. The number of unbranched alkanes of at least 4 members (excludes halogenated alkanes) is 10. The molecule has 0 aromatic rings. The third kappa shape index (κ3) is 15.8. The molecular formula is C23H44O7. The Morgan fingerprint density at radius 3 is 1.83 bits per heavy atom. The average Bonchev–Trinajstić information content (AvgIpc) is 2.75. The molecule has 0 amide bonds. The number of hydrogen-bond acceptors (Lipinski definition) is 7. The van der Waals surface area contributed by atoms with Gasteiger partial charge in [0.2, 0.25) is 0 Å². The molecule has 0 aromatic heterocycles. The first-order chi connectivity index (χ1) is 14.4. The molecular weight excluding hydrogens is 388 g/mol. The molecule has 0 aromatic carbocycles. The van der Waals surface area contributed by atoms with Gasteiger partial charge in [0.15, 0.2) is 0 Å². The number of esters is 1. The standard InChI is InChI=1S/C23H44O7/c1-2-3-4-5-6-7-8-9-10-11-12-13-14-15-16-21(27)30-18-20(26)23(29)22(28)19(25)17-24/h9-10,19-20,22-26,28-29H,2-8,11-18H2,1H3/b10-9+/t19-,20-,22-,23-/m1/s1. The van der Waals surface area contributed by atoms with Gasteiger partial charge in [-0.15, -0.1) is 0 Å². The molecule has 0 spiro atoms. The second kappa shape index (κ2) is 19.9. The second-order valence-corrected chi connectivity index (χ2v) is 7.96. The smallest absolute Gasteiger partial charge is 0.305 e. The Hall–Kier alpha value is -0.990. The number of carbonyl (C=O) groups is 1. The van der Waals surface area contributed by atoms with E-state index in [4.69, 9.17) is 9.84 Å². The fraction of sp³-hybridized carbons (Fsp3) is 0.870. The van der Waals surface area contributed by atoms with Crippen molar-refractivity contribution in [2.24, 2.45) is 0 Å². The zero-order valence-corrected chi connectivity index (χ0v) is 18.6. The molecule has 0 bridgehead atoms. The molecule has 7 nitrogen and oxygen atoms in total. The molecule has 30 heavy (non-hydrogen) atoms. The van der Waals surface area contributed by atoms with E-state index in [-0.39, 0.29) is 6.42 Å². The summed E-state index contributed by atoms with van der Waals surface area (Å²) >= 11 is 0. The first-order valence-electron chi connectivity index (χ1n) is 11.6.